The molecule has 17 nitrogen and oxygen atoms in total. The van der Waals surface area contributed by atoms with Crippen molar-refractivity contribution in [2.45, 2.75) is 29.5 Å². The fraction of sp³-hybridized carbons (Fsp3) is 0.273. The van der Waals surface area contributed by atoms with Gasteiger partial charge in [0.15, 0.2) is 10.9 Å². The number of carbonyl (C=O) groups is 4. The van der Waals surface area contributed by atoms with Gasteiger partial charge in [-0.05, 0) is 40.3 Å². The Morgan fingerprint density at radius 1 is 1.26 bits per heavy atom. The molecule has 1 aromatic carbocycles. The number of carboxylic acid groups (broad SMARTS) is 2. The Hall–Kier alpha value is -4.27. The topological polar surface area (TPSA) is 241 Å². The minimum absolute atomic E-state index is 0.0390. The molecular formula is C22H19ClN10O7S3. The summed E-state index contributed by atoms with van der Waals surface area (Å²) in [4.78, 5) is 60.0. The van der Waals surface area contributed by atoms with E-state index < -0.39 is 35.2 Å². The number of rotatable bonds is 12. The summed E-state index contributed by atoms with van der Waals surface area (Å²) in [7, 11) is 0. The van der Waals surface area contributed by atoms with E-state index >= 15 is 0 Å². The first kappa shape index (κ1) is 30.2. The van der Waals surface area contributed by atoms with Crippen LogP contribution in [-0.4, -0.2) is 97.1 Å². The average molecular weight is 667 g/mol. The number of carboxylic acids is 2. The number of benzene rings is 1. The van der Waals surface area contributed by atoms with Crippen LogP contribution in [0.3, 0.4) is 0 Å². The van der Waals surface area contributed by atoms with E-state index in [2.05, 4.69) is 35.4 Å². The standard InChI is InChI=1S/C22H19ClN10O7S3/c23-10-1-3-11(4-2-10)40-28-13(16-26-21(24)43-29-16)17(36)25-14-18(37)33-15(20(38)39)9(7-41-19(14)33)8-42-22-27-30-31-32(22)6-5-12(34)35/h1-4,14,19H,5-8H2,(H,25,36)(H,34,35)(H,38,39)(H2,24,26,29)/b28-13-/t14?,19-/m1/s1. The van der Waals surface area contributed by atoms with Gasteiger partial charge in [-0.1, -0.05) is 28.5 Å². The number of nitrogen functional groups attached to an aromatic ring is 1. The second-order valence-electron chi connectivity index (χ2n) is 8.68. The van der Waals surface area contributed by atoms with Gasteiger partial charge in [-0.2, -0.15) is 9.36 Å². The lowest BCUT2D eigenvalue weighted by Crippen LogP contribution is -2.71. The zero-order valence-electron chi connectivity index (χ0n) is 21.5. The summed E-state index contributed by atoms with van der Waals surface area (Å²) in [6, 6.07) is 5.12. The van der Waals surface area contributed by atoms with Crippen molar-refractivity contribution in [1.82, 2.24) is 39.8 Å². The van der Waals surface area contributed by atoms with Gasteiger partial charge in [0.1, 0.15) is 17.1 Å². The van der Waals surface area contributed by atoms with Crippen LogP contribution in [-0.2, 0) is 25.7 Å². The number of nitrogens with one attached hydrogen (secondary N) is 1. The lowest BCUT2D eigenvalue weighted by atomic mass is 10.0. The molecule has 2 aliphatic heterocycles. The molecule has 0 radical (unpaired) electrons. The predicted molar refractivity (Wildman–Crippen MR) is 153 cm³/mol. The Labute approximate surface area is 258 Å². The van der Waals surface area contributed by atoms with E-state index in [9.17, 15) is 24.3 Å². The summed E-state index contributed by atoms with van der Waals surface area (Å²) in [5.41, 5.74) is 5.56. The van der Waals surface area contributed by atoms with E-state index in [0.717, 1.165) is 28.2 Å². The smallest absolute Gasteiger partial charge is 0.352 e. The third-order valence-corrected chi connectivity index (χ3v) is 9.05. The molecule has 0 spiro atoms. The van der Waals surface area contributed by atoms with Gasteiger partial charge < -0.3 is 26.1 Å². The minimum Gasteiger partial charge on any atom is -0.481 e. The van der Waals surface area contributed by atoms with Gasteiger partial charge in [-0.25, -0.2) is 9.48 Å². The summed E-state index contributed by atoms with van der Waals surface area (Å²) in [6.07, 6.45) is -0.194. The average Bonchev–Trinajstić information content (AvgIpc) is 3.62. The number of oxime groups is 1. The van der Waals surface area contributed by atoms with Crippen molar-refractivity contribution in [2.75, 3.05) is 17.2 Å². The van der Waals surface area contributed by atoms with Gasteiger partial charge in [0.05, 0.1) is 13.0 Å². The largest absolute Gasteiger partial charge is 0.481 e. The second kappa shape index (κ2) is 12.9. The van der Waals surface area contributed by atoms with Crippen molar-refractivity contribution in [3.05, 3.63) is 46.4 Å². The number of nitrogens with two attached hydrogens (primary N) is 1. The zero-order chi connectivity index (χ0) is 30.7. The van der Waals surface area contributed by atoms with Crippen molar-refractivity contribution < 1.29 is 34.2 Å². The van der Waals surface area contributed by atoms with E-state index in [1.54, 1.807) is 12.1 Å². The van der Waals surface area contributed by atoms with Gasteiger partial charge in [0.25, 0.3) is 11.8 Å². The first-order valence-electron chi connectivity index (χ1n) is 12.0. The van der Waals surface area contributed by atoms with E-state index in [-0.39, 0.29) is 52.6 Å². The van der Waals surface area contributed by atoms with Crippen LogP contribution in [0.1, 0.15) is 12.2 Å². The summed E-state index contributed by atoms with van der Waals surface area (Å²) in [6.45, 7) is 0.0390. The maximum absolute atomic E-state index is 13.3. The SMILES string of the molecule is Nc1nc(/C(=N/Oc2ccc(Cl)cc2)C(=O)NC2C(=O)N3C(C(=O)O)=C(CSc4nnnn4CCC(=O)O)CS[C@H]23)ns1. The van der Waals surface area contributed by atoms with Crippen LogP contribution in [0.25, 0.3) is 0 Å². The number of halogens is 1. The quantitative estimate of drug-likeness (QED) is 0.0892. The summed E-state index contributed by atoms with van der Waals surface area (Å²) in [5, 5.41) is 36.6. The molecule has 3 aromatic rings. The molecule has 2 atom stereocenters. The number of nitrogens with zero attached hydrogens (tertiary/aromatic N) is 8. The van der Waals surface area contributed by atoms with E-state index in [1.807, 2.05) is 0 Å². The number of thioether (sulfide) groups is 2. The highest BCUT2D eigenvalue weighted by molar-refractivity contribution is 8.01. The van der Waals surface area contributed by atoms with Crippen LogP contribution in [0.2, 0.25) is 5.02 Å². The highest BCUT2D eigenvalue weighted by Crippen LogP contribution is 2.41. The van der Waals surface area contributed by atoms with Crippen LogP contribution >= 0.6 is 46.7 Å². The summed E-state index contributed by atoms with van der Waals surface area (Å²) in [5.74, 6) is -3.29. The van der Waals surface area contributed by atoms with Crippen molar-refractivity contribution in [2.24, 2.45) is 5.16 Å². The van der Waals surface area contributed by atoms with Crippen LogP contribution < -0.4 is 15.9 Å². The molecule has 2 aliphatic rings. The zero-order valence-corrected chi connectivity index (χ0v) is 24.7. The minimum atomic E-state index is -1.31. The van der Waals surface area contributed by atoms with Crippen LogP contribution in [0.4, 0.5) is 5.13 Å². The fourth-order valence-electron chi connectivity index (χ4n) is 3.91. The third-order valence-electron chi connectivity index (χ3n) is 5.87. The van der Waals surface area contributed by atoms with Crippen molar-refractivity contribution in [3.8, 4) is 5.75 Å². The lowest BCUT2D eigenvalue weighted by Gasteiger charge is -2.49. The van der Waals surface area contributed by atoms with Crippen molar-refractivity contribution in [1.29, 1.82) is 0 Å². The fourth-order valence-corrected chi connectivity index (χ4v) is 6.86. The molecule has 5 N–H and O–H groups in total. The Balaban J connectivity index is 1.30. The monoisotopic (exact) mass is 666 g/mol. The summed E-state index contributed by atoms with van der Waals surface area (Å²) >= 11 is 9.09. The number of carbonyl (C=O) groups excluding carboxylic acids is 2. The Morgan fingerprint density at radius 3 is 2.70 bits per heavy atom. The molecule has 43 heavy (non-hydrogen) atoms. The molecule has 5 rings (SSSR count). The Morgan fingerprint density at radius 2 is 2.02 bits per heavy atom. The van der Waals surface area contributed by atoms with E-state index in [0.29, 0.717) is 15.8 Å². The lowest BCUT2D eigenvalue weighted by molar-refractivity contribution is -0.150. The molecule has 2 amide bonds. The number of hydrogen-bond acceptors (Lipinski definition) is 15. The van der Waals surface area contributed by atoms with Gasteiger partial charge >= 0.3 is 11.9 Å². The normalized spacial score (nSPS) is 18.2. The molecule has 224 valence electrons. The number of amides is 2. The molecular weight excluding hydrogens is 648 g/mol. The van der Waals surface area contributed by atoms with Gasteiger partial charge in [0, 0.05) is 28.1 Å². The van der Waals surface area contributed by atoms with Crippen LogP contribution in [0.15, 0.2) is 45.8 Å². The van der Waals surface area contributed by atoms with E-state index in [1.165, 1.54) is 28.6 Å². The molecule has 2 aromatic heterocycles. The van der Waals surface area contributed by atoms with Crippen LogP contribution in [0, 0.1) is 0 Å². The number of anilines is 1. The molecule has 1 saturated heterocycles. The van der Waals surface area contributed by atoms with Gasteiger partial charge in [0.2, 0.25) is 16.7 Å². The molecule has 0 saturated carbocycles. The number of aliphatic carboxylic acids is 2. The Bertz CT molecular complexity index is 1640. The first-order valence-corrected chi connectivity index (χ1v) is 15.2. The third kappa shape index (κ3) is 6.71. The molecule has 1 fully saturated rings. The number of aromatic nitrogens is 6. The highest BCUT2D eigenvalue weighted by atomic mass is 35.5. The van der Waals surface area contributed by atoms with Crippen molar-refractivity contribution >= 4 is 81.3 Å². The highest BCUT2D eigenvalue weighted by Gasteiger charge is 2.54. The number of aryl methyl sites for hydroxylation is 1. The number of fused-ring (bicyclic) bond motifs is 1. The second-order valence-corrected chi connectivity index (χ2v) is 11.9. The predicted octanol–water partition coefficient (Wildman–Crippen LogP) is 0.549. The Kier molecular flexibility index (Phi) is 9.08. The van der Waals surface area contributed by atoms with Crippen LogP contribution in [0.5, 0.6) is 5.75 Å². The molecule has 0 bridgehead atoms. The molecule has 0 aliphatic carbocycles. The van der Waals surface area contributed by atoms with Gasteiger partial charge in [-0.15, -0.1) is 16.9 Å². The van der Waals surface area contributed by atoms with E-state index in [4.69, 9.17) is 27.3 Å². The molecule has 1 unspecified atom stereocenters. The number of β-lactam (4-membered cyclic amide) rings is 1. The van der Waals surface area contributed by atoms with Gasteiger partial charge in [-0.3, -0.25) is 19.3 Å². The van der Waals surface area contributed by atoms with Crippen molar-refractivity contribution in [3.63, 3.8) is 0 Å². The summed E-state index contributed by atoms with van der Waals surface area (Å²) < 4.78 is 5.31. The molecule has 4 heterocycles. The maximum Gasteiger partial charge on any atom is 0.352 e. The maximum atomic E-state index is 13.3. The molecule has 21 heteroatoms. The number of hydrogen-bond donors (Lipinski definition) is 4. The number of tetrazole rings is 1. The first-order chi connectivity index (χ1) is 20.6.